The van der Waals surface area contributed by atoms with E-state index in [0.717, 1.165) is 16.3 Å². The Kier molecular flexibility index (Phi) is 4.01. The summed E-state index contributed by atoms with van der Waals surface area (Å²) in [6.45, 7) is 3.86. The first-order valence-electron chi connectivity index (χ1n) is 5.39. The van der Waals surface area contributed by atoms with Crippen molar-refractivity contribution < 1.29 is 4.92 Å². The van der Waals surface area contributed by atoms with Gasteiger partial charge in [0.15, 0.2) is 0 Å². The van der Waals surface area contributed by atoms with Crippen LogP contribution in [0.25, 0.3) is 0 Å². The van der Waals surface area contributed by atoms with Crippen LogP contribution in [-0.2, 0) is 0 Å². The fourth-order valence-corrected chi connectivity index (χ4v) is 2.81. The molecule has 0 aliphatic rings. The average Bonchev–Trinajstić information content (AvgIpc) is 2.26. The summed E-state index contributed by atoms with van der Waals surface area (Å²) in [5.41, 5.74) is 1.89. The number of nitro groups is 1. The maximum Gasteiger partial charge on any atom is 0.275 e. The molecular formula is C12H10ClN3O2S. The minimum absolute atomic E-state index is 0.0770. The molecule has 0 fully saturated rings. The molecule has 5 nitrogen and oxygen atoms in total. The van der Waals surface area contributed by atoms with Crippen molar-refractivity contribution in [2.45, 2.75) is 23.9 Å². The van der Waals surface area contributed by atoms with E-state index >= 15 is 0 Å². The molecule has 0 radical (unpaired) electrons. The van der Waals surface area contributed by atoms with Gasteiger partial charge in [0.25, 0.3) is 5.69 Å². The lowest BCUT2D eigenvalue weighted by Crippen LogP contribution is -1.92. The van der Waals surface area contributed by atoms with Gasteiger partial charge in [-0.25, -0.2) is 9.97 Å². The summed E-state index contributed by atoms with van der Waals surface area (Å²) in [5.74, 6) is 0. The van der Waals surface area contributed by atoms with E-state index in [4.69, 9.17) is 11.6 Å². The van der Waals surface area contributed by atoms with Gasteiger partial charge < -0.3 is 0 Å². The molecule has 0 aromatic carbocycles. The summed E-state index contributed by atoms with van der Waals surface area (Å²) in [7, 11) is 0. The Bertz CT molecular complexity index is 629. The molecule has 0 N–H and O–H groups in total. The van der Waals surface area contributed by atoms with Crippen LogP contribution in [0.3, 0.4) is 0 Å². The Labute approximate surface area is 119 Å². The Balaban J connectivity index is 2.35. The van der Waals surface area contributed by atoms with Gasteiger partial charge in [0.2, 0.25) is 0 Å². The lowest BCUT2D eigenvalue weighted by atomic mass is 10.3. The van der Waals surface area contributed by atoms with Crippen LogP contribution in [-0.4, -0.2) is 14.9 Å². The second-order valence-electron chi connectivity index (χ2n) is 3.97. The molecule has 2 aromatic heterocycles. The van der Waals surface area contributed by atoms with E-state index in [2.05, 4.69) is 9.97 Å². The Hall–Kier alpha value is -1.66. The zero-order chi connectivity index (χ0) is 14.0. The first-order chi connectivity index (χ1) is 8.94. The van der Waals surface area contributed by atoms with Gasteiger partial charge in [-0.05, 0) is 43.3 Å². The van der Waals surface area contributed by atoms with Crippen LogP contribution in [0.15, 0.2) is 34.3 Å². The summed E-state index contributed by atoms with van der Waals surface area (Å²) in [5, 5.41) is 12.1. The zero-order valence-electron chi connectivity index (χ0n) is 10.3. The molecule has 2 aromatic rings. The van der Waals surface area contributed by atoms with Gasteiger partial charge >= 0.3 is 0 Å². The van der Waals surface area contributed by atoms with Crippen molar-refractivity contribution in [3.63, 3.8) is 0 Å². The lowest BCUT2D eigenvalue weighted by Gasteiger charge is -2.03. The third kappa shape index (κ3) is 3.65. The van der Waals surface area contributed by atoms with E-state index in [1.807, 2.05) is 26.0 Å². The number of pyridine rings is 2. The van der Waals surface area contributed by atoms with Crippen molar-refractivity contribution in [3.05, 3.63) is 50.8 Å². The number of hydrogen-bond donors (Lipinski definition) is 0. The van der Waals surface area contributed by atoms with Crippen molar-refractivity contribution in [3.8, 4) is 0 Å². The SMILES string of the molecule is Cc1cc(C)nc(Sc2cc([N+](=O)[O-])cc(Cl)n2)c1. The molecule has 2 rings (SSSR count). The van der Waals surface area contributed by atoms with E-state index in [9.17, 15) is 10.1 Å². The van der Waals surface area contributed by atoms with Crippen molar-refractivity contribution in [2.75, 3.05) is 0 Å². The van der Waals surface area contributed by atoms with Crippen LogP contribution in [0.1, 0.15) is 11.3 Å². The fraction of sp³-hybridized carbons (Fsp3) is 0.167. The summed E-state index contributed by atoms with van der Waals surface area (Å²) in [6, 6.07) is 6.46. The zero-order valence-corrected chi connectivity index (χ0v) is 11.8. The molecular weight excluding hydrogens is 286 g/mol. The topological polar surface area (TPSA) is 68.9 Å². The fourth-order valence-electron chi connectivity index (χ4n) is 1.58. The predicted molar refractivity (Wildman–Crippen MR) is 73.7 cm³/mol. The summed E-state index contributed by atoms with van der Waals surface area (Å²) < 4.78 is 0. The highest BCUT2D eigenvalue weighted by Gasteiger charge is 2.12. The Morgan fingerprint density at radius 1 is 1.16 bits per heavy atom. The van der Waals surface area contributed by atoms with Crippen molar-refractivity contribution in [1.82, 2.24) is 9.97 Å². The van der Waals surface area contributed by atoms with Gasteiger partial charge in [0, 0.05) is 11.8 Å². The molecule has 0 amide bonds. The highest BCUT2D eigenvalue weighted by Crippen LogP contribution is 2.29. The second kappa shape index (κ2) is 5.54. The summed E-state index contributed by atoms with van der Waals surface area (Å²) >= 11 is 7.02. The van der Waals surface area contributed by atoms with Gasteiger partial charge in [-0.1, -0.05) is 11.6 Å². The van der Waals surface area contributed by atoms with Crippen LogP contribution in [0, 0.1) is 24.0 Å². The van der Waals surface area contributed by atoms with Gasteiger partial charge in [-0.2, -0.15) is 0 Å². The first kappa shape index (κ1) is 13.8. The molecule has 0 bridgehead atoms. The minimum Gasteiger partial charge on any atom is -0.258 e. The maximum absolute atomic E-state index is 10.8. The van der Waals surface area contributed by atoms with E-state index in [0.29, 0.717) is 5.03 Å². The van der Waals surface area contributed by atoms with Crippen molar-refractivity contribution in [1.29, 1.82) is 0 Å². The molecule has 0 aliphatic heterocycles. The molecule has 0 unspecified atom stereocenters. The van der Waals surface area contributed by atoms with Gasteiger partial charge in [0.05, 0.1) is 11.0 Å². The van der Waals surface area contributed by atoms with E-state index in [1.54, 1.807) is 0 Å². The normalized spacial score (nSPS) is 10.5. The molecule has 19 heavy (non-hydrogen) atoms. The van der Waals surface area contributed by atoms with Crippen molar-refractivity contribution >= 4 is 29.1 Å². The molecule has 0 aliphatic carbocycles. The smallest absolute Gasteiger partial charge is 0.258 e. The summed E-state index contributed by atoms with van der Waals surface area (Å²) in [4.78, 5) is 18.7. The number of aromatic nitrogens is 2. The van der Waals surface area contributed by atoms with E-state index in [1.165, 1.54) is 23.9 Å². The quantitative estimate of drug-likeness (QED) is 0.489. The highest BCUT2D eigenvalue weighted by molar-refractivity contribution is 7.99. The molecule has 98 valence electrons. The Morgan fingerprint density at radius 2 is 1.84 bits per heavy atom. The molecule has 7 heteroatoms. The number of aryl methyl sites for hydroxylation is 2. The molecule has 0 atom stereocenters. The second-order valence-corrected chi connectivity index (χ2v) is 5.40. The third-order valence-electron chi connectivity index (χ3n) is 2.25. The van der Waals surface area contributed by atoms with Gasteiger partial charge in [0.1, 0.15) is 15.2 Å². The number of halogens is 1. The number of hydrogen-bond acceptors (Lipinski definition) is 5. The minimum atomic E-state index is -0.494. The molecule has 0 saturated heterocycles. The standard InChI is InChI=1S/C12H10ClN3O2S/c1-7-3-8(2)14-11(4-7)19-12-6-9(16(17)18)5-10(13)15-12/h3-6H,1-2H3. The largest absolute Gasteiger partial charge is 0.275 e. The average molecular weight is 296 g/mol. The number of rotatable bonds is 3. The van der Waals surface area contributed by atoms with Crippen LogP contribution < -0.4 is 0 Å². The van der Waals surface area contributed by atoms with Gasteiger partial charge in [-0.15, -0.1) is 0 Å². The van der Waals surface area contributed by atoms with Crippen LogP contribution >= 0.6 is 23.4 Å². The maximum atomic E-state index is 10.8. The first-order valence-corrected chi connectivity index (χ1v) is 6.58. The van der Waals surface area contributed by atoms with Crippen LogP contribution in [0.4, 0.5) is 5.69 Å². The van der Waals surface area contributed by atoms with E-state index < -0.39 is 4.92 Å². The summed E-state index contributed by atoms with van der Waals surface area (Å²) in [6.07, 6.45) is 0. The lowest BCUT2D eigenvalue weighted by molar-refractivity contribution is -0.385. The third-order valence-corrected chi connectivity index (χ3v) is 3.28. The van der Waals surface area contributed by atoms with Crippen LogP contribution in [0.2, 0.25) is 5.15 Å². The van der Waals surface area contributed by atoms with Crippen molar-refractivity contribution in [2.24, 2.45) is 0 Å². The Morgan fingerprint density at radius 3 is 2.47 bits per heavy atom. The monoisotopic (exact) mass is 295 g/mol. The number of nitrogens with zero attached hydrogens (tertiary/aromatic N) is 3. The molecule has 0 spiro atoms. The molecule has 2 heterocycles. The van der Waals surface area contributed by atoms with E-state index in [-0.39, 0.29) is 10.8 Å². The highest BCUT2D eigenvalue weighted by atomic mass is 35.5. The van der Waals surface area contributed by atoms with Gasteiger partial charge in [-0.3, -0.25) is 10.1 Å². The predicted octanol–water partition coefficient (Wildman–Crippen LogP) is 3.81. The van der Waals surface area contributed by atoms with Crippen LogP contribution in [0.5, 0.6) is 0 Å². The molecule has 0 saturated carbocycles.